The number of guanidine groups is 1. The number of aliphatic hydroxyl groups is 1. The third-order valence-corrected chi connectivity index (χ3v) is 5.56. The molecule has 0 bridgehead atoms. The second-order valence-electron chi connectivity index (χ2n) is 8.31. The van der Waals surface area contributed by atoms with Crippen molar-refractivity contribution in [1.29, 1.82) is 0 Å². The summed E-state index contributed by atoms with van der Waals surface area (Å²) in [4.78, 5) is 34.3. The number of amides is 3. The van der Waals surface area contributed by atoms with E-state index in [2.05, 4.69) is 15.6 Å². The topological polar surface area (TPSA) is 110 Å². The number of rotatable bonds is 8. The Bertz CT molecular complexity index is 858. The predicted octanol–water partition coefficient (Wildman–Crippen LogP) is -0.258. The summed E-state index contributed by atoms with van der Waals surface area (Å²) in [6, 6.07) is 4.62. The minimum Gasteiger partial charge on any atom is -0.491 e. The lowest BCUT2D eigenvalue weighted by Gasteiger charge is -2.35. The minimum atomic E-state index is -0.864. The molecule has 31 heavy (non-hydrogen) atoms. The van der Waals surface area contributed by atoms with E-state index in [9.17, 15) is 14.7 Å². The molecule has 0 aromatic heterocycles. The third-order valence-electron chi connectivity index (χ3n) is 5.56. The van der Waals surface area contributed by atoms with Crippen molar-refractivity contribution in [3.05, 3.63) is 29.3 Å². The van der Waals surface area contributed by atoms with Gasteiger partial charge in [-0.2, -0.15) is 0 Å². The van der Waals surface area contributed by atoms with Crippen LogP contribution in [0.15, 0.2) is 23.2 Å². The maximum atomic E-state index is 12.6. The van der Waals surface area contributed by atoms with Gasteiger partial charge in [-0.05, 0) is 51.2 Å². The molecule has 10 nitrogen and oxygen atoms in total. The molecule has 1 aromatic carbocycles. The smallest absolute Gasteiger partial charge is 0.325 e. The van der Waals surface area contributed by atoms with E-state index in [0.29, 0.717) is 18.3 Å². The lowest BCUT2D eigenvalue weighted by Crippen LogP contribution is -2.65. The van der Waals surface area contributed by atoms with Crippen LogP contribution in [-0.2, 0) is 4.79 Å². The summed E-state index contributed by atoms with van der Waals surface area (Å²) in [5, 5.41) is 16.2. The van der Waals surface area contributed by atoms with Gasteiger partial charge in [0.2, 0.25) is 0 Å². The average Bonchev–Trinajstić information content (AvgIpc) is 3.05. The van der Waals surface area contributed by atoms with E-state index >= 15 is 0 Å². The highest BCUT2D eigenvalue weighted by molar-refractivity contribution is 6.04. The van der Waals surface area contributed by atoms with Crippen LogP contribution in [0, 0.1) is 13.8 Å². The number of nitrogens with zero attached hydrogens (tertiary/aromatic N) is 4. The van der Waals surface area contributed by atoms with Crippen molar-refractivity contribution in [2.24, 2.45) is 4.99 Å². The maximum Gasteiger partial charge on any atom is 0.325 e. The number of carbonyl (C=O) groups is 2. The van der Waals surface area contributed by atoms with Crippen LogP contribution in [0.4, 0.5) is 4.79 Å². The number of aliphatic hydroxyl groups excluding tert-OH is 1. The number of likely N-dealkylation sites (N-methyl/N-ethyl adjacent to an activating group) is 2. The molecule has 2 fully saturated rings. The summed E-state index contributed by atoms with van der Waals surface area (Å²) in [6.45, 7) is 5.48. The molecule has 2 aliphatic heterocycles. The average molecular weight is 433 g/mol. The molecule has 170 valence electrons. The van der Waals surface area contributed by atoms with Crippen LogP contribution in [0.25, 0.3) is 0 Å². The molecule has 3 amide bonds. The zero-order valence-electron chi connectivity index (χ0n) is 18.8. The molecule has 2 aliphatic rings. The number of fused-ring (bicyclic) bond motifs is 1. The van der Waals surface area contributed by atoms with Crippen LogP contribution in [0.3, 0.4) is 0 Å². The van der Waals surface area contributed by atoms with E-state index in [4.69, 9.17) is 4.74 Å². The van der Waals surface area contributed by atoms with Crippen molar-refractivity contribution in [3.63, 3.8) is 0 Å². The van der Waals surface area contributed by atoms with Gasteiger partial charge < -0.3 is 29.9 Å². The molecule has 3 rings (SSSR count). The van der Waals surface area contributed by atoms with Crippen LogP contribution in [-0.4, -0.2) is 103 Å². The Labute approximate surface area is 182 Å². The molecule has 0 aliphatic carbocycles. The van der Waals surface area contributed by atoms with Crippen LogP contribution in [0.2, 0.25) is 0 Å². The number of aliphatic imine (C=N–C) groups is 1. The normalized spacial score (nSPS) is 23.1. The van der Waals surface area contributed by atoms with Crippen LogP contribution >= 0.6 is 0 Å². The summed E-state index contributed by atoms with van der Waals surface area (Å²) in [7, 11) is 5.52. The zero-order valence-corrected chi connectivity index (χ0v) is 18.8. The van der Waals surface area contributed by atoms with Gasteiger partial charge in [-0.15, -0.1) is 0 Å². The second kappa shape index (κ2) is 9.52. The van der Waals surface area contributed by atoms with Crippen molar-refractivity contribution >= 4 is 17.9 Å². The number of aryl methyl sites for hydroxylation is 2. The lowest BCUT2D eigenvalue weighted by atomic mass is 10.1. The Morgan fingerprint density at radius 1 is 1.26 bits per heavy atom. The SMILES string of the molecule is Cc1ccc(OCC(O)CN2C(=NCCN(C)C)NC3C2C(=O)NC(=O)N3C)cc1C. The molecular weight excluding hydrogens is 400 g/mol. The first-order chi connectivity index (χ1) is 14.7. The highest BCUT2D eigenvalue weighted by Crippen LogP contribution is 2.21. The van der Waals surface area contributed by atoms with Crippen molar-refractivity contribution in [3.8, 4) is 5.75 Å². The molecule has 3 unspecified atom stereocenters. The van der Waals surface area contributed by atoms with Gasteiger partial charge in [-0.3, -0.25) is 15.1 Å². The van der Waals surface area contributed by atoms with Crippen LogP contribution < -0.4 is 15.4 Å². The van der Waals surface area contributed by atoms with Gasteiger partial charge in [0.25, 0.3) is 5.91 Å². The first kappa shape index (κ1) is 22.8. The van der Waals surface area contributed by atoms with Gasteiger partial charge in [0.15, 0.2) is 12.0 Å². The summed E-state index contributed by atoms with van der Waals surface area (Å²) in [6.07, 6.45) is -1.41. The van der Waals surface area contributed by atoms with Crippen molar-refractivity contribution in [2.75, 3.05) is 47.4 Å². The number of imide groups is 1. The standard InChI is InChI=1S/C21H32N6O4/c1-13-6-7-16(10-14(13)2)31-12-15(28)11-27-17-18(26(5)21(30)24-19(17)29)23-20(27)22-8-9-25(3)4/h6-7,10,15,17-18,28H,8-9,11-12H2,1-5H3,(H,22,23)(H,24,29,30). The fourth-order valence-corrected chi connectivity index (χ4v) is 3.55. The summed E-state index contributed by atoms with van der Waals surface area (Å²) < 4.78 is 5.75. The number of ether oxygens (including phenoxy) is 1. The second-order valence-corrected chi connectivity index (χ2v) is 8.31. The third kappa shape index (κ3) is 5.26. The quantitative estimate of drug-likeness (QED) is 0.519. The van der Waals surface area contributed by atoms with Crippen molar-refractivity contribution < 1.29 is 19.4 Å². The number of benzene rings is 1. The molecule has 10 heteroatoms. The Morgan fingerprint density at radius 2 is 2.00 bits per heavy atom. The fraction of sp³-hybridized carbons (Fsp3) is 0.571. The van der Waals surface area contributed by atoms with Gasteiger partial charge in [0.05, 0.1) is 13.1 Å². The van der Waals surface area contributed by atoms with Gasteiger partial charge >= 0.3 is 6.03 Å². The van der Waals surface area contributed by atoms with E-state index < -0.39 is 30.2 Å². The van der Waals surface area contributed by atoms with E-state index in [0.717, 1.165) is 12.1 Å². The minimum absolute atomic E-state index is 0.0672. The van der Waals surface area contributed by atoms with Gasteiger partial charge in [-0.25, -0.2) is 4.79 Å². The largest absolute Gasteiger partial charge is 0.491 e. The Morgan fingerprint density at radius 3 is 2.68 bits per heavy atom. The van der Waals surface area contributed by atoms with Gasteiger partial charge in [0, 0.05) is 13.6 Å². The number of carbonyl (C=O) groups excluding carboxylic acids is 2. The Hall–Kier alpha value is -2.85. The Balaban J connectivity index is 1.71. The zero-order chi connectivity index (χ0) is 22.7. The monoisotopic (exact) mass is 432 g/mol. The van der Waals surface area contributed by atoms with E-state index in [1.807, 2.05) is 51.0 Å². The highest BCUT2D eigenvalue weighted by Gasteiger charge is 2.50. The number of β-amino-alcohol motifs (C(OH)–C–C–N with tert-alkyl or cyclic N) is 1. The van der Waals surface area contributed by atoms with Crippen LogP contribution in [0.5, 0.6) is 5.75 Å². The van der Waals surface area contributed by atoms with Crippen molar-refractivity contribution in [1.82, 2.24) is 25.3 Å². The summed E-state index contributed by atoms with van der Waals surface area (Å²) in [5.41, 5.74) is 2.28. The van der Waals surface area contributed by atoms with E-state index in [1.54, 1.807) is 11.9 Å². The predicted molar refractivity (Wildman–Crippen MR) is 117 cm³/mol. The molecule has 0 saturated carbocycles. The van der Waals surface area contributed by atoms with E-state index in [1.165, 1.54) is 10.5 Å². The van der Waals surface area contributed by atoms with Gasteiger partial charge in [0.1, 0.15) is 24.6 Å². The number of hydrogen-bond donors (Lipinski definition) is 3. The number of hydrogen-bond acceptors (Lipinski definition) is 6. The molecule has 3 atom stereocenters. The molecular formula is C21H32N6O4. The van der Waals surface area contributed by atoms with Crippen LogP contribution in [0.1, 0.15) is 11.1 Å². The van der Waals surface area contributed by atoms with E-state index in [-0.39, 0.29) is 13.2 Å². The first-order valence-electron chi connectivity index (χ1n) is 10.4. The first-order valence-corrected chi connectivity index (χ1v) is 10.4. The highest BCUT2D eigenvalue weighted by atomic mass is 16.5. The molecule has 0 spiro atoms. The van der Waals surface area contributed by atoms with Crippen molar-refractivity contribution in [2.45, 2.75) is 32.2 Å². The molecule has 2 heterocycles. The molecule has 2 saturated heterocycles. The summed E-state index contributed by atoms with van der Waals surface area (Å²) in [5.74, 6) is 0.750. The number of nitrogens with one attached hydrogen (secondary N) is 2. The van der Waals surface area contributed by atoms with Gasteiger partial charge in [-0.1, -0.05) is 6.07 Å². The number of urea groups is 1. The maximum absolute atomic E-state index is 12.6. The lowest BCUT2D eigenvalue weighted by molar-refractivity contribution is -0.127. The fourth-order valence-electron chi connectivity index (χ4n) is 3.55. The molecule has 1 aromatic rings. The Kier molecular flexibility index (Phi) is 7.01. The summed E-state index contributed by atoms with van der Waals surface area (Å²) >= 11 is 0. The molecule has 0 radical (unpaired) electrons. The molecule has 3 N–H and O–H groups in total.